The van der Waals surface area contributed by atoms with Crippen LogP contribution in [-0.2, 0) is 0 Å². The summed E-state index contributed by atoms with van der Waals surface area (Å²) in [6.07, 6.45) is 4.68. The molecule has 3 heteroatoms. The van der Waals surface area contributed by atoms with Gasteiger partial charge in [-0.2, -0.15) is 0 Å². The minimum atomic E-state index is 0.0147. The van der Waals surface area contributed by atoms with Crippen LogP contribution in [0.3, 0.4) is 0 Å². The van der Waals surface area contributed by atoms with Crippen molar-refractivity contribution >= 4 is 5.91 Å². The normalized spacial score (nSPS) is 23.1. The van der Waals surface area contributed by atoms with E-state index in [-0.39, 0.29) is 11.9 Å². The first kappa shape index (κ1) is 14.1. The maximum atomic E-state index is 12.1. The van der Waals surface area contributed by atoms with Crippen molar-refractivity contribution in [3.05, 3.63) is 34.9 Å². The minimum absolute atomic E-state index is 0.0147. The molecule has 1 saturated carbocycles. The first-order chi connectivity index (χ1) is 9.08. The molecule has 2 unspecified atom stereocenters. The number of hydrogen-bond donors (Lipinski definition) is 2. The van der Waals surface area contributed by atoms with Gasteiger partial charge in [-0.15, -0.1) is 0 Å². The van der Waals surface area contributed by atoms with Gasteiger partial charge in [0.1, 0.15) is 0 Å². The minimum Gasteiger partial charge on any atom is -0.352 e. The molecule has 0 spiro atoms. The lowest BCUT2D eigenvalue weighted by atomic mass is 9.85. The molecule has 19 heavy (non-hydrogen) atoms. The van der Waals surface area contributed by atoms with Gasteiger partial charge in [0.2, 0.25) is 0 Å². The van der Waals surface area contributed by atoms with Crippen molar-refractivity contribution in [2.24, 2.45) is 11.7 Å². The number of carbonyl (C=O) groups excluding carboxylic acids is 1. The summed E-state index contributed by atoms with van der Waals surface area (Å²) in [6.45, 7) is 4.79. The smallest absolute Gasteiger partial charge is 0.251 e. The number of rotatable bonds is 3. The summed E-state index contributed by atoms with van der Waals surface area (Å²) >= 11 is 0. The van der Waals surface area contributed by atoms with Gasteiger partial charge in [-0.1, -0.05) is 18.9 Å². The Morgan fingerprint density at radius 2 is 2.00 bits per heavy atom. The van der Waals surface area contributed by atoms with Crippen LogP contribution in [-0.4, -0.2) is 18.5 Å². The van der Waals surface area contributed by atoms with Gasteiger partial charge in [0.05, 0.1) is 0 Å². The lowest BCUT2D eigenvalue weighted by Crippen LogP contribution is -2.41. The summed E-state index contributed by atoms with van der Waals surface area (Å²) in [6, 6.07) is 6.08. The van der Waals surface area contributed by atoms with Crippen LogP contribution in [0.1, 0.15) is 47.2 Å². The fourth-order valence-corrected chi connectivity index (χ4v) is 2.70. The Kier molecular flexibility index (Phi) is 4.59. The highest BCUT2D eigenvalue weighted by Gasteiger charge is 2.22. The van der Waals surface area contributed by atoms with Crippen LogP contribution in [0.15, 0.2) is 18.2 Å². The second kappa shape index (κ2) is 6.20. The standard InChI is InChI=1S/C16H24N2O/c1-11-7-8-13(9-12(11)2)16(19)18-10-14-5-3-4-6-15(14)17/h7-9,14-15H,3-6,10,17H2,1-2H3,(H,18,19). The van der Waals surface area contributed by atoms with E-state index >= 15 is 0 Å². The van der Waals surface area contributed by atoms with Crippen molar-refractivity contribution in [3.63, 3.8) is 0 Å². The number of hydrogen-bond acceptors (Lipinski definition) is 2. The van der Waals surface area contributed by atoms with Crippen LogP contribution in [0.25, 0.3) is 0 Å². The Bertz CT molecular complexity index is 456. The van der Waals surface area contributed by atoms with Crippen molar-refractivity contribution in [1.29, 1.82) is 0 Å². The zero-order chi connectivity index (χ0) is 13.8. The molecular weight excluding hydrogens is 236 g/mol. The van der Waals surface area contributed by atoms with Gasteiger partial charge in [0, 0.05) is 18.2 Å². The Morgan fingerprint density at radius 3 is 2.68 bits per heavy atom. The number of nitrogens with two attached hydrogens (primary N) is 1. The maximum absolute atomic E-state index is 12.1. The summed E-state index contributed by atoms with van der Waals surface area (Å²) in [4.78, 5) is 12.1. The van der Waals surface area contributed by atoms with E-state index in [9.17, 15) is 4.79 Å². The Hall–Kier alpha value is -1.35. The van der Waals surface area contributed by atoms with E-state index in [2.05, 4.69) is 12.2 Å². The van der Waals surface area contributed by atoms with E-state index in [1.165, 1.54) is 18.4 Å². The third kappa shape index (κ3) is 3.57. The molecular formula is C16H24N2O. The van der Waals surface area contributed by atoms with E-state index in [4.69, 9.17) is 5.73 Å². The lowest BCUT2D eigenvalue weighted by Gasteiger charge is -2.28. The molecule has 3 N–H and O–H groups in total. The maximum Gasteiger partial charge on any atom is 0.251 e. The van der Waals surface area contributed by atoms with Gasteiger partial charge in [-0.05, 0) is 55.9 Å². The quantitative estimate of drug-likeness (QED) is 0.877. The highest BCUT2D eigenvalue weighted by atomic mass is 16.1. The van der Waals surface area contributed by atoms with E-state index in [1.807, 2.05) is 25.1 Å². The fourth-order valence-electron chi connectivity index (χ4n) is 2.70. The molecule has 1 amide bonds. The molecule has 0 aromatic heterocycles. The molecule has 0 saturated heterocycles. The molecule has 104 valence electrons. The van der Waals surface area contributed by atoms with Crippen molar-refractivity contribution in [1.82, 2.24) is 5.32 Å². The predicted molar refractivity (Wildman–Crippen MR) is 78.2 cm³/mol. The van der Waals surface area contributed by atoms with Crippen LogP contribution >= 0.6 is 0 Å². The molecule has 3 nitrogen and oxygen atoms in total. The summed E-state index contributed by atoms with van der Waals surface area (Å²) in [5.74, 6) is 0.449. The third-order valence-corrected chi connectivity index (χ3v) is 4.26. The van der Waals surface area contributed by atoms with E-state index < -0.39 is 0 Å². The van der Waals surface area contributed by atoms with E-state index in [0.29, 0.717) is 12.5 Å². The zero-order valence-corrected chi connectivity index (χ0v) is 11.9. The molecule has 1 aliphatic carbocycles. The van der Waals surface area contributed by atoms with Crippen molar-refractivity contribution in [3.8, 4) is 0 Å². The van der Waals surface area contributed by atoms with Gasteiger partial charge < -0.3 is 11.1 Å². The summed E-state index contributed by atoms with van der Waals surface area (Å²) in [5.41, 5.74) is 9.21. The van der Waals surface area contributed by atoms with Crippen molar-refractivity contribution in [2.45, 2.75) is 45.6 Å². The first-order valence-electron chi connectivity index (χ1n) is 7.19. The van der Waals surface area contributed by atoms with E-state index in [0.717, 1.165) is 24.0 Å². The van der Waals surface area contributed by atoms with Gasteiger partial charge in [-0.25, -0.2) is 0 Å². The molecule has 2 atom stereocenters. The highest BCUT2D eigenvalue weighted by Crippen LogP contribution is 2.22. The highest BCUT2D eigenvalue weighted by molar-refractivity contribution is 5.94. The molecule has 1 fully saturated rings. The first-order valence-corrected chi connectivity index (χ1v) is 7.19. The topological polar surface area (TPSA) is 55.1 Å². The average Bonchev–Trinajstić information content (AvgIpc) is 2.40. The second-order valence-electron chi connectivity index (χ2n) is 5.72. The number of nitrogens with one attached hydrogen (secondary N) is 1. The summed E-state index contributed by atoms with van der Waals surface area (Å²) < 4.78 is 0. The predicted octanol–water partition coefficient (Wildman–Crippen LogP) is 2.55. The van der Waals surface area contributed by atoms with Crippen LogP contribution in [0.4, 0.5) is 0 Å². The number of benzene rings is 1. The van der Waals surface area contributed by atoms with Crippen LogP contribution in [0, 0.1) is 19.8 Å². The molecule has 0 bridgehead atoms. The summed E-state index contributed by atoms with van der Waals surface area (Å²) in [5, 5.41) is 3.03. The zero-order valence-electron chi connectivity index (χ0n) is 11.9. The monoisotopic (exact) mass is 260 g/mol. The molecule has 0 heterocycles. The molecule has 0 aliphatic heterocycles. The fraction of sp³-hybridized carbons (Fsp3) is 0.562. The van der Waals surface area contributed by atoms with Crippen LogP contribution in [0.5, 0.6) is 0 Å². The van der Waals surface area contributed by atoms with Gasteiger partial charge in [-0.3, -0.25) is 4.79 Å². The SMILES string of the molecule is Cc1ccc(C(=O)NCC2CCCCC2N)cc1C. The average molecular weight is 260 g/mol. The largest absolute Gasteiger partial charge is 0.352 e. The Labute approximate surface area is 115 Å². The Balaban J connectivity index is 1.91. The molecule has 0 radical (unpaired) electrons. The van der Waals surface area contributed by atoms with Gasteiger partial charge in [0.15, 0.2) is 0 Å². The molecule has 1 aromatic rings. The number of carbonyl (C=O) groups is 1. The van der Waals surface area contributed by atoms with Crippen molar-refractivity contribution in [2.75, 3.05) is 6.54 Å². The molecule has 2 rings (SSSR count). The Morgan fingerprint density at radius 1 is 1.26 bits per heavy atom. The second-order valence-corrected chi connectivity index (χ2v) is 5.72. The molecule has 1 aromatic carbocycles. The lowest BCUT2D eigenvalue weighted by molar-refractivity contribution is 0.0941. The van der Waals surface area contributed by atoms with E-state index in [1.54, 1.807) is 0 Å². The number of amides is 1. The number of aryl methyl sites for hydroxylation is 2. The molecule has 1 aliphatic rings. The van der Waals surface area contributed by atoms with Crippen molar-refractivity contribution < 1.29 is 4.79 Å². The van der Waals surface area contributed by atoms with Crippen LogP contribution < -0.4 is 11.1 Å². The van der Waals surface area contributed by atoms with Gasteiger partial charge >= 0.3 is 0 Å². The van der Waals surface area contributed by atoms with Gasteiger partial charge in [0.25, 0.3) is 5.91 Å². The summed E-state index contributed by atoms with van der Waals surface area (Å²) in [7, 11) is 0. The van der Waals surface area contributed by atoms with Crippen LogP contribution in [0.2, 0.25) is 0 Å². The third-order valence-electron chi connectivity index (χ3n) is 4.26.